The Balaban J connectivity index is 1.64. The standard InChI is InChI=1S/C19H21N5O3S2/c1-13(16-5-3-4-6-17(16)24-29(2,26)27)22-18(25)15-9-7-14(8-10-15)11-28-19-20-12-21-23-19/h3-10,12-13,24H,11H2,1-2H3,(H,22,25)(H,20,21,23). The van der Waals surface area contributed by atoms with Crippen molar-refractivity contribution in [2.45, 2.75) is 23.9 Å². The molecule has 0 saturated heterocycles. The van der Waals surface area contributed by atoms with E-state index < -0.39 is 10.0 Å². The number of carbonyl (C=O) groups excluding carboxylic acids is 1. The second kappa shape index (κ2) is 9.10. The summed E-state index contributed by atoms with van der Waals surface area (Å²) in [6.45, 7) is 1.81. The van der Waals surface area contributed by atoms with Crippen molar-refractivity contribution in [1.29, 1.82) is 0 Å². The number of aromatic amines is 1. The molecule has 3 rings (SSSR count). The number of H-pyrrole nitrogens is 1. The number of sulfonamides is 1. The third kappa shape index (κ3) is 6.06. The number of nitrogens with zero attached hydrogens (tertiary/aromatic N) is 2. The van der Waals surface area contributed by atoms with Gasteiger partial charge in [-0.3, -0.25) is 14.6 Å². The van der Waals surface area contributed by atoms with Crippen LogP contribution in [0.3, 0.4) is 0 Å². The first kappa shape index (κ1) is 20.9. The molecule has 0 radical (unpaired) electrons. The van der Waals surface area contributed by atoms with Gasteiger partial charge in [-0.25, -0.2) is 13.4 Å². The molecule has 0 fully saturated rings. The molecule has 0 spiro atoms. The summed E-state index contributed by atoms with van der Waals surface area (Å²) in [5, 5.41) is 10.2. The van der Waals surface area contributed by atoms with Gasteiger partial charge in [-0.2, -0.15) is 5.10 Å². The van der Waals surface area contributed by atoms with E-state index in [1.165, 1.54) is 18.1 Å². The van der Waals surface area contributed by atoms with Crippen molar-refractivity contribution < 1.29 is 13.2 Å². The van der Waals surface area contributed by atoms with Crippen LogP contribution in [0, 0.1) is 0 Å². The topological polar surface area (TPSA) is 117 Å². The van der Waals surface area contributed by atoms with Gasteiger partial charge in [0.1, 0.15) is 6.33 Å². The molecule has 0 saturated carbocycles. The third-order valence-corrected chi connectivity index (χ3v) is 5.59. The number of para-hydroxylation sites is 1. The molecule has 3 aromatic rings. The van der Waals surface area contributed by atoms with Gasteiger partial charge in [0, 0.05) is 11.3 Å². The van der Waals surface area contributed by atoms with Crippen LogP contribution in [0.4, 0.5) is 5.69 Å². The highest BCUT2D eigenvalue weighted by atomic mass is 32.2. The smallest absolute Gasteiger partial charge is 0.251 e. The van der Waals surface area contributed by atoms with E-state index in [4.69, 9.17) is 0 Å². The van der Waals surface area contributed by atoms with Gasteiger partial charge in [0.15, 0.2) is 5.16 Å². The number of carbonyl (C=O) groups is 1. The first-order valence-electron chi connectivity index (χ1n) is 8.76. The van der Waals surface area contributed by atoms with Gasteiger partial charge in [-0.05, 0) is 36.2 Å². The summed E-state index contributed by atoms with van der Waals surface area (Å²) in [6.07, 6.45) is 2.55. The Morgan fingerprint density at radius 3 is 2.55 bits per heavy atom. The molecule has 1 heterocycles. The first-order valence-corrected chi connectivity index (χ1v) is 11.6. The Hall–Kier alpha value is -2.85. The van der Waals surface area contributed by atoms with Gasteiger partial charge in [0.2, 0.25) is 10.0 Å². The number of anilines is 1. The Morgan fingerprint density at radius 2 is 1.90 bits per heavy atom. The van der Waals surface area contributed by atoms with E-state index in [-0.39, 0.29) is 11.9 Å². The van der Waals surface area contributed by atoms with Gasteiger partial charge in [-0.1, -0.05) is 42.1 Å². The van der Waals surface area contributed by atoms with Gasteiger partial charge in [-0.15, -0.1) is 0 Å². The Labute approximate surface area is 173 Å². The normalized spacial score (nSPS) is 12.3. The maximum absolute atomic E-state index is 12.6. The molecular formula is C19H21N5O3S2. The lowest BCUT2D eigenvalue weighted by molar-refractivity contribution is 0.0940. The molecule has 29 heavy (non-hydrogen) atoms. The predicted octanol–water partition coefficient (Wildman–Crippen LogP) is 2.96. The fourth-order valence-electron chi connectivity index (χ4n) is 2.69. The fourth-order valence-corrected chi connectivity index (χ4v) is 4.01. The number of hydrogen-bond acceptors (Lipinski definition) is 6. The highest BCUT2D eigenvalue weighted by Crippen LogP contribution is 2.24. The van der Waals surface area contributed by atoms with E-state index in [1.54, 1.807) is 36.4 Å². The average Bonchev–Trinajstić information content (AvgIpc) is 3.19. The molecule has 3 N–H and O–H groups in total. The summed E-state index contributed by atoms with van der Waals surface area (Å²) in [6, 6.07) is 13.9. The number of amides is 1. The lowest BCUT2D eigenvalue weighted by atomic mass is 10.1. The Bertz CT molecular complexity index is 1070. The highest BCUT2D eigenvalue weighted by Gasteiger charge is 2.16. The molecule has 10 heteroatoms. The van der Waals surface area contributed by atoms with Crippen LogP contribution in [0.15, 0.2) is 60.0 Å². The molecule has 1 unspecified atom stereocenters. The van der Waals surface area contributed by atoms with E-state index >= 15 is 0 Å². The van der Waals surface area contributed by atoms with E-state index in [0.717, 1.165) is 17.0 Å². The number of rotatable bonds is 8. The van der Waals surface area contributed by atoms with E-state index in [0.29, 0.717) is 22.6 Å². The summed E-state index contributed by atoms with van der Waals surface area (Å²) in [4.78, 5) is 16.7. The molecule has 1 atom stereocenters. The monoisotopic (exact) mass is 431 g/mol. The minimum Gasteiger partial charge on any atom is -0.345 e. The number of nitrogens with one attached hydrogen (secondary N) is 3. The summed E-state index contributed by atoms with van der Waals surface area (Å²) in [5.74, 6) is 0.471. The number of aromatic nitrogens is 3. The van der Waals surface area contributed by atoms with Crippen LogP contribution < -0.4 is 10.0 Å². The maximum atomic E-state index is 12.6. The highest BCUT2D eigenvalue weighted by molar-refractivity contribution is 7.98. The molecule has 0 aliphatic rings. The van der Waals surface area contributed by atoms with Crippen molar-refractivity contribution in [3.05, 3.63) is 71.5 Å². The van der Waals surface area contributed by atoms with Crippen molar-refractivity contribution in [2.24, 2.45) is 0 Å². The average molecular weight is 432 g/mol. The summed E-state index contributed by atoms with van der Waals surface area (Å²) in [5.41, 5.74) is 2.71. The van der Waals surface area contributed by atoms with Crippen molar-refractivity contribution in [2.75, 3.05) is 11.0 Å². The molecule has 1 amide bonds. The summed E-state index contributed by atoms with van der Waals surface area (Å²) >= 11 is 1.52. The lowest BCUT2D eigenvalue weighted by Crippen LogP contribution is -2.27. The van der Waals surface area contributed by atoms with Gasteiger partial charge >= 0.3 is 0 Å². The van der Waals surface area contributed by atoms with Crippen molar-refractivity contribution in [1.82, 2.24) is 20.5 Å². The van der Waals surface area contributed by atoms with Crippen LogP contribution in [0.25, 0.3) is 0 Å². The molecule has 8 nitrogen and oxygen atoms in total. The second-order valence-corrected chi connectivity index (χ2v) is 9.15. The van der Waals surface area contributed by atoms with Crippen LogP contribution in [-0.2, 0) is 15.8 Å². The molecule has 0 aliphatic heterocycles. The molecule has 2 aromatic carbocycles. The Kier molecular flexibility index (Phi) is 6.55. The summed E-state index contributed by atoms with van der Waals surface area (Å²) in [7, 11) is -3.42. The zero-order valence-corrected chi connectivity index (χ0v) is 17.5. The number of thioether (sulfide) groups is 1. The van der Waals surface area contributed by atoms with Crippen molar-refractivity contribution in [3.8, 4) is 0 Å². The van der Waals surface area contributed by atoms with Crippen molar-refractivity contribution in [3.63, 3.8) is 0 Å². The van der Waals surface area contributed by atoms with Crippen molar-refractivity contribution >= 4 is 33.4 Å². The van der Waals surface area contributed by atoms with Gasteiger partial charge < -0.3 is 5.32 Å². The Morgan fingerprint density at radius 1 is 1.17 bits per heavy atom. The number of hydrogen-bond donors (Lipinski definition) is 3. The fraction of sp³-hybridized carbons (Fsp3) is 0.211. The molecule has 0 aliphatic carbocycles. The van der Waals surface area contributed by atoms with Crippen LogP contribution in [0.2, 0.25) is 0 Å². The predicted molar refractivity (Wildman–Crippen MR) is 113 cm³/mol. The zero-order chi connectivity index (χ0) is 20.9. The van der Waals surface area contributed by atoms with E-state index in [9.17, 15) is 13.2 Å². The van der Waals surface area contributed by atoms with Crippen LogP contribution in [0.1, 0.15) is 34.5 Å². The quantitative estimate of drug-likeness (QED) is 0.472. The molecule has 152 valence electrons. The van der Waals surface area contributed by atoms with Gasteiger partial charge in [0.25, 0.3) is 5.91 Å². The zero-order valence-electron chi connectivity index (χ0n) is 15.9. The minimum atomic E-state index is -3.42. The van der Waals surface area contributed by atoms with Crippen LogP contribution in [0.5, 0.6) is 0 Å². The van der Waals surface area contributed by atoms with Gasteiger partial charge in [0.05, 0.1) is 18.0 Å². The molecule has 1 aromatic heterocycles. The first-order chi connectivity index (χ1) is 13.8. The van der Waals surface area contributed by atoms with E-state index in [2.05, 4.69) is 25.2 Å². The SMILES string of the molecule is CC(NC(=O)c1ccc(CSc2ncn[nH]2)cc1)c1ccccc1NS(C)(=O)=O. The largest absolute Gasteiger partial charge is 0.345 e. The van der Waals surface area contributed by atoms with Crippen LogP contribution >= 0.6 is 11.8 Å². The van der Waals surface area contributed by atoms with Crippen LogP contribution in [-0.4, -0.2) is 35.8 Å². The third-order valence-electron chi connectivity index (χ3n) is 4.05. The second-order valence-electron chi connectivity index (χ2n) is 6.43. The minimum absolute atomic E-state index is 0.235. The summed E-state index contributed by atoms with van der Waals surface area (Å²) < 4.78 is 25.6. The number of benzene rings is 2. The maximum Gasteiger partial charge on any atom is 0.251 e. The van der Waals surface area contributed by atoms with E-state index in [1.807, 2.05) is 19.1 Å². The molecular weight excluding hydrogens is 410 g/mol. The lowest BCUT2D eigenvalue weighted by Gasteiger charge is -2.18. The molecule has 0 bridgehead atoms.